The summed E-state index contributed by atoms with van der Waals surface area (Å²) in [5, 5.41) is 2.11. The highest BCUT2D eigenvalue weighted by atomic mass is 16.5. The Morgan fingerprint density at radius 2 is 1.74 bits per heavy atom. The number of amides is 1. The molecule has 0 radical (unpaired) electrons. The van der Waals surface area contributed by atoms with Crippen LogP contribution in [0.1, 0.15) is 23.5 Å². The van der Waals surface area contributed by atoms with Crippen molar-refractivity contribution < 1.29 is 13.9 Å². The first kappa shape index (κ1) is 20.5. The molecule has 0 N–H and O–H groups in total. The zero-order chi connectivity index (χ0) is 23.1. The molecule has 1 fully saturated rings. The predicted octanol–water partition coefficient (Wildman–Crippen LogP) is 6.17. The Kier molecular flexibility index (Phi) is 5.02. The first-order chi connectivity index (χ1) is 16.7. The molecule has 168 valence electrons. The minimum atomic E-state index is 0.109. The minimum Gasteiger partial charge on any atom is -0.493 e. The highest BCUT2D eigenvalue weighted by molar-refractivity contribution is 6.09. The standard InChI is InChI=1S/C29H24N2O3/c1-33-26-11-10-23(28-24-4-2-3-5-25(24)34-29(26)28)22-16-27(32)31(18-22)17-19-6-8-20(9-7-19)21-12-14-30-15-13-21/h2-15,22H,16-18H2,1H3. The molecule has 3 aromatic carbocycles. The Bertz CT molecular complexity index is 1490. The van der Waals surface area contributed by atoms with Crippen LogP contribution in [0.2, 0.25) is 0 Å². The summed E-state index contributed by atoms with van der Waals surface area (Å²) in [7, 11) is 1.66. The van der Waals surface area contributed by atoms with E-state index in [1.54, 1.807) is 19.5 Å². The molecule has 5 nitrogen and oxygen atoms in total. The second-order valence-corrected chi connectivity index (χ2v) is 8.77. The van der Waals surface area contributed by atoms with Crippen LogP contribution >= 0.6 is 0 Å². The van der Waals surface area contributed by atoms with E-state index >= 15 is 0 Å². The summed E-state index contributed by atoms with van der Waals surface area (Å²) in [4.78, 5) is 19.0. The average molecular weight is 449 g/mol. The number of methoxy groups -OCH3 is 1. The van der Waals surface area contributed by atoms with E-state index in [1.165, 1.54) is 0 Å². The molecule has 3 heterocycles. The molecular weight excluding hydrogens is 424 g/mol. The maximum absolute atomic E-state index is 13.0. The van der Waals surface area contributed by atoms with E-state index in [-0.39, 0.29) is 11.8 Å². The van der Waals surface area contributed by atoms with Crippen LogP contribution in [0.5, 0.6) is 5.75 Å². The minimum absolute atomic E-state index is 0.109. The molecule has 1 amide bonds. The monoisotopic (exact) mass is 448 g/mol. The van der Waals surface area contributed by atoms with Gasteiger partial charge in [0, 0.05) is 48.6 Å². The van der Waals surface area contributed by atoms with Crippen LogP contribution in [0, 0.1) is 0 Å². The quantitative estimate of drug-likeness (QED) is 0.323. The Morgan fingerprint density at radius 3 is 2.53 bits per heavy atom. The molecule has 5 aromatic rings. The van der Waals surface area contributed by atoms with Crippen molar-refractivity contribution in [1.29, 1.82) is 0 Å². The number of benzene rings is 3. The molecule has 1 aliphatic rings. The lowest BCUT2D eigenvalue weighted by atomic mass is 9.93. The van der Waals surface area contributed by atoms with Gasteiger partial charge in [-0.15, -0.1) is 0 Å². The zero-order valence-corrected chi connectivity index (χ0v) is 18.9. The first-order valence-electron chi connectivity index (χ1n) is 11.5. The lowest BCUT2D eigenvalue weighted by molar-refractivity contribution is -0.128. The Morgan fingerprint density at radius 1 is 0.971 bits per heavy atom. The fraction of sp³-hybridized carbons (Fsp3) is 0.172. The van der Waals surface area contributed by atoms with Gasteiger partial charge in [-0.1, -0.05) is 48.5 Å². The normalized spacial score (nSPS) is 16.0. The summed E-state index contributed by atoms with van der Waals surface area (Å²) in [5.74, 6) is 1.00. The highest BCUT2D eigenvalue weighted by Crippen LogP contribution is 2.42. The van der Waals surface area contributed by atoms with Gasteiger partial charge in [-0.3, -0.25) is 9.78 Å². The van der Waals surface area contributed by atoms with E-state index in [2.05, 4.69) is 41.4 Å². The highest BCUT2D eigenvalue weighted by Gasteiger charge is 2.33. The van der Waals surface area contributed by atoms with Crippen molar-refractivity contribution in [1.82, 2.24) is 9.88 Å². The third kappa shape index (κ3) is 3.50. The predicted molar refractivity (Wildman–Crippen MR) is 133 cm³/mol. The van der Waals surface area contributed by atoms with Gasteiger partial charge in [0.15, 0.2) is 11.3 Å². The Labute approximate surface area is 197 Å². The molecule has 0 saturated carbocycles. The third-order valence-corrected chi connectivity index (χ3v) is 6.74. The van der Waals surface area contributed by atoms with Gasteiger partial charge in [0.25, 0.3) is 0 Å². The van der Waals surface area contributed by atoms with Crippen LogP contribution < -0.4 is 4.74 Å². The van der Waals surface area contributed by atoms with Crippen molar-refractivity contribution in [2.45, 2.75) is 18.9 Å². The molecule has 1 unspecified atom stereocenters. The Hall–Kier alpha value is -4.12. The van der Waals surface area contributed by atoms with Gasteiger partial charge in [0.2, 0.25) is 5.91 Å². The number of nitrogens with zero attached hydrogens (tertiary/aromatic N) is 2. The maximum Gasteiger partial charge on any atom is 0.223 e. The van der Waals surface area contributed by atoms with Crippen LogP contribution in [-0.4, -0.2) is 29.4 Å². The number of likely N-dealkylation sites (tertiary alicyclic amines) is 1. The number of furan rings is 1. The summed E-state index contributed by atoms with van der Waals surface area (Å²) in [5.41, 5.74) is 6.13. The van der Waals surface area contributed by atoms with Gasteiger partial charge < -0.3 is 14.1 Å². The number of fused-ring (bicyclic) bond motifs is 3. The summed E-state index contributed by atoms with van der Waals surface area (Å²) in [6.45, 7) is 1.29. The SMILES string of the molecule is COc1ccc(C2CC(=O)N(Cc3ccc(-c4ccncc4)cc3)C2)c2c1oc1ccccc12. The molecule has 1 saturated heterocycles. The zero-order valence-electron chi connectivity index (χ0n) is 18.9. The molecule has 34 heavy (non-hydrogen) atoms. The van der Waals surface area contributed by atoms with E-state index in [0.717, 1.165) is 44.2 Å². The number of pyridine rings is 1. The lowest BCUT2D eigenvalue weighted by Crippen LogP contribution is -2.24. The molecule has 0 bridgehead atoms. The number of para-hydroxylation sites is 1. The maximum atomic E-state index is 13.0. The summed E-state index contributed by atoms with van der Waals surface area (Å²) >= 11 is 0. The fourth-order valence-corrected chi connectivity index (χ4v) is 5.03. The molecule has 6 rings (SSSR count). The number of rotatable bonds is 5. The van der Waals surface area contributed by atoms with Crippen molar-refractivity contribution in [2.24, 2.45) is 0 Å². The van der Waals surface area contributed by atoms with Crippen LogP contribution in [0.3, 0.4) is 0 Å². The molecule has 0 spiro atoms. The van der Waals surface area contributed by atoms with Crippen molar-refractivity contribution in [3.8, 4) is 16.9 Å². The number of carbonyl (C=O) groups is 1. The van der Waals surface area contributed by atoms with Gasteiger partial charge in [0.05, 0.1) is 7.11 Å². The second-order valence-electron chi connectivity index (χ2n) is 8.77. The number of ether oxygens (including phenoxy) is 1. The van der Waals surface area contributed by atoms with E-state index < -0.39 is 0 Å². The van der Waals surface area contributed by atoms with Gasteiger partial charge in [0.1, 0.15) is 5.58 Å². The summed E-state index contributed by atoms with van der Waals surface area (Å²) in [6.07, 6.45) is 4.09. The molecular formula is C29H24N2O3. The number of hydrogen-bond acceptors (Lipinski definition) is 4. The van der Waals surface area contributed by atoms with Crippen molar-refractivity contribution in [2.75, 3.05) is 13.7 Å². The summed E-state index contributed by atoms with van der Waals surface area (Å²) in [6, 6.07) is 24.5. The van der Waals surface area contributed by atoms with E-state index in [1.807, 2.05) is 41.3 Å². The van der Waals surface area contributed by atoms with Crippen LogP contribution in [0.15, 0.2) is 89.6 Å². The molecule has 1 atom stereocenters. The van der Waals surface area contributed by atoms with Gasteiger partial charge in [-0.2, -0.15) is 0 Å². The second kappa shape index (κ2) is 8.34. The van der Waals surface area contributed by atoms with Crippen LogP contribution in [-0.2, 0) is 11.3 Å². The van der Waals surface area contributed by atoms with Gasteiger partial charge in [-0.05, 0) is 46.5 Å². The largest absolute Gasteiger partial charge is 0.493 e. The van der Waals surface area contributed by atoms with Gasteiger partial charge in [-0.25, -0.2) is 0 Å². The third-order valence-electron chi connectivity index (χ3n) is 6.74. The van der Waals surface area contributed by atoms with E-state index in [4.69, 9.17) is 9.15 Å². The summed E-state index contributed by atoms with van der Waals surface area (Å²) < 4.78 is 11.7. The smallest absolute Gasteiger partial charge is 0.223 e. The number of aromatic nitrogens is 1. The molecule has 2 aromatic heterocycles. The van der Waals surface area contributed by atoms with Crippen molar-refractivity contribution >= 4 is 27.8 Å². The average Bonchev–Trinajstić information content (AvgIpc) is 3.45. The molecule has 0 aliphatic carbocycles. The van der Waals surface area contributed by atoms with Crippen molar-refractivity contribution in [3.63, 3.8) is 0 Å². The Balaban J connectivity index is 1.28. The van der Waals surface area contributed by atoms with Crippen molar-refractivity contribution in [3.05, 3.63) is 96.3 Å². The lowest BCUT2D eigenvalue weighted by Gasteiger charge is -2.18. The van der Waals surface area contributed by atoms with E-state index in [0.29, 0.717) is 25.3 Å². The molecule has 5 heteroatoms. The van der Waals surface area contributed by atoms with Crippen LogP contribution in [0.25, 0.3) is 33.1 Å². The number of carbonyl (C=O) groups excluding carboxylic acids is 1. The van der Waals surface area contributed by atoms with Crippen LogP contribution in [0.4, 0.5) is 0 Å². The topological polar surface area (TPSA) is 55.6 Å². The molecule has 1 aliphatic heterocycles. The van der Waals surface area contributed by atoms with Gasteiger partial charge >= 0.3 is 0 Å². The van der Waals surface area contributed by atoms with E-state index in [9.17, 15) is 4.79 Å². The first-order valence-corrected chi connectivity index (χ1v) is 11.5. The number of hydrogen-bond donors (Lipinski definition) is 0. The fourth-order valence-electron chi connectivity index (χ4n) is 5.03.